The fourth-order valence-electron chi connectivity index (χ4n) is 3.27. The van der Waals surface area contributed by atoms with E-state index in [1.165, 1.54) is 30.4 Å². The van der Waals surface area contributed by atoms with Crippen LogP contribution in [-0.2, 0) is 13.0 Å². The molecule has 2 aliphatic rings. The van der Waals surface area contributed by atoms with Crippen molar-refractivity contribution in [3.05, 3.63) is 41.5 Å². The Morgan fingerprint density at radius 3 is 3.00 bits per heavy atom. The lowest BCUT2D eigenvalue weighted by Gasteiger charge is -2.20. The quantitative estimate of drug-likeness (QED) is 0.840. The van der Waals surface area contributed by atoms with Crippen LogP contribution in [0.1, 0.15) is 44.2 Å². The van der Waals surface area contributed by atoms with E-state index >= 15 is 0 Å². The summed E-state index contributed by atoms with van der Waals surface area (Å²) in [5.74, 6) is 1.92. The lowest BCUT2D eigenvalue weighted by Crippen LogP contribution is -2.26. The number of nitrogens with one attached hydrogen (secondary N) is 1. The van der Waals surface area contributed by atoms with Crippen molar-refractivity contribution < 1.29 is 4.74 Å². The van der Waals surface area contributed by atoms with Gasteiger partial charge in [0.1, 0.15) is 11.4 Å². The standard InChI is InChI=1S/C18H25NO/c1-18(2)11-15-9-6-10-16(17(15)20-18)13-19-12-14-7-4-3-5-8-14/h3-4,6,9-10,14,19H,5,7-8,11-13H2,1-2H3. The second-order valence-corrected chi connectivity index (χ2v) is 6.73. The van der Waals surface area contributed by atoms with Crippen LogP contribution < -0.4 is 10.1 Å². The average Bonchev–Trinajstić information content (AvgIpc) is 2.75. The molecule has 1 N–H and O–H groups in total. The molecule has 0 aromatic heterocycles. The van der Waals surface area contributed by atoms with Crippen LogP contribution in [0.2, 0.25) is 0 Å². The smallest absolute Gasteiger partial charge is 0.127 e. The summed E-state index contributed by atoms with van der Waals surface area (Å²) in [6.07, 6.45) is 9.43. The van der Waals surface area contributed by atoms with Crippen LogP contribution in [0.15, 0.2) is 30.4 Å². The number of fused-ring (bicyclic) bond motifs is 1. The lowest BCUT2D eigenvalue weighted by molar-refractivity contribution is 0.137. The fourth-order valence-corrected chi connectivity index (χ4v) is 3.27. The number of allylic oxidation sites excluding steroid dienone is 2. The molecule has 0 fully saturated rings. The van der Waals surface area contributed by atoms with Crippen molar-refractivity contribution >= 4 is 0 Å². The highest BCUT2D eigenvalue weighted by molar-refractivity contribution is 5.45. The van der Waals surface area contributed by atoms with Crippen LogP contribution in [0.4, 0.5) is 0 Å². The molecule has 0 amide bonds. The van der Waals surface area contributed by atoms with Gasteiger partial charge in [0.2, 0.25) is 0 Å². The van der Waals surface area contributed by atoms with Crippen LogP contribution in [0.25, 0.3) is 0 Å². The maximum Gasteiger partial charge on any atom is 0.127 e. The van der Waals surface area contributed by atoms with Gasteiger partial charge in [-0.05, 0) is 51.1 Å². The van der Waals surface area contributed by atoms with Gasteiger partial charge in [-0.2, -0.15) is 0 Å². The molecule has 1 aromatic rings. The summed E-state index contributed by atoms with van der Waals surface area (Å²) in [7, 11) is 0. The van der Waals surface area contributed by atoms with Gasteiger partial charge < -0.3 is 10.1 Å². The van der Waals surface area contributed by atoms with E-state index < -0.39 is 0 Å². The van der Waals surface area contributed by atoms with Crippen LogP contribution in [-0.4, -0.2) is 12.1 Å². The van der Waals surface area contributed by atoms with Gasteiger partial charge in [0.15, 0.2) is 0 Å². The number of hydrogen-bond donors (Lipinski definition) is 1. The molecule has 0 bridgehead atoms. The van der Waals surface area contributed by atoms with Gasteiger partial charge in [-0.25, -0.2) is 0 Å². The summed E-state index contributed by atoms with van der Waals surface area (Å²) >= 11 is 0. The number of para-hydroxylation sites is 1. The van der Waals surface area contributed by atoms with Crippen molar-refractivity contribution in [1.82, 2.24) is 5.32 Å². The molecule has 0 radical (unpaired) electrons. The zero-order valence-corrected chi connectivity index (χ0v) is 12.6. The Labute approximate surface area is 122 Å². The first kappa shape index (κ1) is 13.7. The van der Waals surface area contributed by atoms with E-state index in [9.17, 15) is 0 Å². The minimum absolute atomic E-state index is 0.0490. The van der Waals surface area contributed by atoms with Gasteiger partial charge in [0.05, 0.1) is 0 Å². The van der Waals surface area contributed by atoms with Crippen LogP contribution >= 0.6 is 0 Å². The van der Waals surface area contributed by atoms with E-state index in [4.69, 9.17) is 4.74 Å². The Morgan fingerprint density at radius 2 is 2.20 bits per heavy atom. The third kappa shape index (κ3) is 3.06. The molecule has 1 unspecified atom stereocenters. The molecule has 2 nitrogen and oxygen atoms in total. The average molecular weight is 271 g/mol. The molecule has 1 atom stereocenters. The minimum Gasteiger partial charge on any atom is -0.487 e. The maximum absolute atomic E-state index is 6.12. The second kappa shape index (κ2) is 5.61. The zero-order chi connectivity index (χ0) is 14.0. The molecule has 3 rings (SSSR count). The predicted molar refractivity (Wildman–Crippen MR) is 83.0 cm³/mol. The minimum atomic E-state index is -0.0490. The molecule has 1 aromatic carbocycles. The molecule has 1 aliphatic carbocycles. The summed E-state index contributed by atoms with van der Waals surface area (Å²) in [4.78, 5) is 0. The van der Waals surface area contributed by atoms with E-state index in [0.29, 0.717) is 0 Å². The first-order valence-electron chi connectivity index (χ1n) is 7.79. The van der Waals surface area contributed by atoms with Gasteiger partial charge in [-0.1, -0.05) is 30.4 Å². The van der Waals surface area contributed by atoms with Crippen LogP contribution in [0.5, 0.6) is 5.75 Å². The van der Waals surface area contributed by atoms with E-state index in [0.717, 1.165) is 31.2 Å². The van der Waals surface area contributed by atoms with Gasteiger partial charge in [0, 0.05) is 18.5 Å². The predicted octanol–water partition coefficient (Wildman–Crippen LogP) is 3.85. The Balaban J connectivity index is 1.59. The lowest BCUT2D eigenvalue weighted by atomic mass is 9.94. The Morgan fingerprint density at radius 1 is 1.30 bits per heavy atom. The maximum atomic E-state index is 6.12. The fraction of sp³-hybridized carbons (Fsp3) is 0.556. The first-order valence-corrected chi connectivity index (χ1v) is 7.79. The molecular weight excluding hydrogens is 246 g/mol. The van der Waals surface area contributed by atoms with E-state index in [1.54, 1.807) is 0 Å². The highest BCUT2D eigenvalue weighted by Crippen LogP contribution is 2.37. The van der Waals surface area contributed by atoms with Gasteiger partial charge in [-0.15, -0.1) is 0 Å². The third-order valence-electron chi connectivity index (χ3n) is 4.30. The van der Waals surface area contributed by atoms with Crippen molar-refractivity contribution in [3.63, 3.8) is 0 Å². The molecule has 2 heteroatoms. The summed E-state index contributed by atoms with van der Waals surface area (Å²) in [5.41, 5.74) is 2.61. The zero-order valence-electron chi connectivity index (χ0n) is 12.6. The van der Waals surface area contributed by atoms with Crippen molar-refractivity contribution in [2.24, 2.45) is 5.92 Å². The SMILES string of the molecule is CC1(C)Cc2cccc(CNCC3CC=CCC3)c2O1. The Bertz CT molecular complexity index is 504. The van der Waals surface area contributed by atoms with Crippen LogP contribution in [0.3, 0.4) is 0 Å². The summed E-state index contributed by atoms with van der Waals surface area (Å²) in [6.45, 7) is 6.36. The third-order valence-corrected chi connectivity index (χ3v) is 4.30. The Hall–Kier alpha value is -1.28. The van der Waals surface area contributed by atoms with Crippen molar-refractivity contribution in [2.45, 2.75) is 51.7 Å². The van der Waals surface area contributed by atoms with E-state index in [2.05, 4.69) is 49.5 Å². The molecule has 0 saturated heterocycles. The highest BCUT2D eigenvalue weighted by atomic mass is 16.5. The molecule has 20 heavy (non-hydrogen) atoms. The Kier molecular flexibility index (Phi) is 3.84. The van der Waals surface area contributed by atoms with Crippen molar-refractivity contribution in [2.75, 3.05) is 6.54 Å². The summed E-state index contributed by atoms with van der Waals surface area (Å²) in [6, 6.07) is 6.54. The highest BCUT2D eigenvalue weighted by Gasteiger charge is 2.31. The molecule has 0 saturated carbocycles. The molecule has 1 aliphatic heterocycles. The largest absolute Gasteiger partial charge is 0.487 e. The summed E-state index contributed by atoms with van der Waals surface area (Å²) < 4.78 is 6.12. The topological polar surface area (TPSA) is 21.3 Å². The van der Waals surface area contributed by atoms with Gasteiger partial charge in [0.25, 0.3) is 0 Å². The number of ether oxygens (including phenoxy) is 1. The summed E-state index contributed by atoms with van der Waals surface area (Å²) in [5, 5.41) is 3.61. The number of benzene rings is 1. The van der Waals surface area contributed by atoms with Crippen LogP contribution in [0, 0.1) is 5.92 Å². The van der Waals surface area contributed by atoms with Crippen molar-refractivity contribution in [3.8, 4) is 5.75 Å². The van der Waals surface area contributed by atoms with Gasteiger partial charge in [-0.3, -0.25) is 0 Å². The first-order chi connectivity index (χ1) is 9.64. The monoisotopic (exact) mass is 271 g/mol. The number of hydrogen-bond acceptors (Lipinski definition) is 2. The number of rotatable bonds is 4. The van der Waals surface area contributed by atoms with Crippen molar-refractivity contribution in [1.29, 1.82) is 0 Å². The molecule has 108 valence electrons. The molecule has 1 heterocycles. The molecular formula is C18H25NO. The van der Waals surface area contributed by atoms with E-state index in [-0.39, 0.29) is 5.60 Å². The molecule has 0 spiro atoms. The van der Waals surface area contributed by atoms with Gasteiger partial charge >= 0.3 is 0 Å². The van der Waals surface area contributed by atoms with E-state index in [1.807, 2.05) is 0 Å². The normalized spacial score (nSPS) is 23.4. The second-order valence-electron chi connectivity index (χ2n) is 6.73.